The fourth-order valence-corrected chi connectivity index (χ4v) is 3.05. The molecule has 2 aromatic carbocycles. The van der Waals surface area contributed by atoms with Crippen LogP contribution in [0.1, 0.15) is 23.1 Å². The summed E-state index contributed by atoms with van der Waals surface area (Å²) in [7, 11) is 6.43. The van der Waals surface area contributed by atoms with E-state index in [1.807, 2.05) is 0 Å². The zero-order valence-electron chi connectivity index (χ0n) is 13.9. The van der Waals surface area contributed by atoms with Gasteiger partial charge in [0.1, 0.15) is 0 Å². The normalized spacial score (nSPS) is 13.5. The van der Waals surface area contributed by atoms with E-state index in [2.05, 4.69) is 86.4 Å². The van der Waals surface area contributed by atoms with Crippen molar-refractivity contribution in [3.05, 3.63) is 59.2 Å². The average Bonchev–Trinajstić information content (AvgIpc) is 2.61. The van der Waals surface area contributed by atoms with Crippen molar-refractivity contribution in [1.29, 1.82) is 0 Å². The summed E-state index contributed by atoms with van der Waals surface area (Å²) in [5.74, 6) is 0. The Bertz CT molecular complexity index is 713. The number of fused-ring (bicyclic) bond motifs is 2. The number of anilines is 2. The van der Waals surface area contributed by atoms with Crippen molar-refractivity contribution in [3.63, 3.8) is 0 Å². The predicted molar refractivity (Wildman–Crippen MR) is 96.7 cm³/mol. The molecule has 0 aliphatic carbocycles. The molecule has 0 N–H and O–H groups in total. The van der Waals surface area contributed by atoms with E-state index < -0.39 is 0 Å². The van der Waals surface area contributed by atoms with Gasteiger partial charge in [0.25, 0.3) is 0 Å². The van der Waals surface area contributed by atoms with Gasteiger partial charge < -0.3 is 9.80 Å². The summed E-state index contributed by atoms with van der Waals surface area (Å²) in [6.07, 6.45) is 3.42. The molecule has 1 heterocycles. The molecule has 1 aliphatic heterocycles. The minimum atomic E-state index is 1.06. The number of nitrogens with zero attached hydrogens (tertiary/aromatic N) is 2. The topological polar surface area (TPSA) is 6.48 Å². The first kappa shape index (κ1) is 14.9. The smallest absolute Gasteiger partial charge is 0.0487 e. The van der Waals surface area contributed by atoms with Crippen LogP contribution in [0.4, 0.5) is 11.4 Å². The molecule has 0 saturated carbocycles. The lowest BCUT2D eigenvalue weighted by Crippen LogP contribution is -2.14. The molecule has 0 radical (unpaired) electrons. The second-order valence-electron chi connectivity index (χ2n) is 6.36. The molecule has 114 valence electrons. The van der Waals surface area contributed by atoms with Gasteiger partial charge in [-0.25, -0.2) is 0 Å². The van der Waals surface area contributed by atoms with E-state index in [1.165, 1.54) is 33.6 Å². The molecule has 2 nitrogen and oxygen atoms in total. The van der Waals surface area contributed by atoms with Crippen LogP contribution < -0.4 is 4.90 Å². The number of aryl methyl sites for hydroxylation is 1. The molecular weight excluding hydrogens is 268 g/mol. The first-order valence-electron chi connectivity index (χ1n) is 7.85. The van der Waals surface area contributed by atoms with Crippen LogP contribution in [0.2, 0.25) is 0 Å². The fourth-order valence-electron chi connectivity index (χ4n) is 3.05. The molecule has 2 aromatic rings. The van der Waals surface area contributed by atoms with E-state index in [4.69, 9.17) is 0 Å². The van der Waals surface area contributed by atoms with E-state index in [9.17, 15) is 0 Å². The summed E-state index contributed by atoms with van der Waals surface area (Å²) in [6, 6.07) is 15.4. The molecule has 3 rings (SSSR count). The quantitative estimate of drug-likeness (QED) is 0.817. The van der Waals surface area contributed by atoms with E-state index in [1.54, 1.807) is 0 Å². The molecule has 0 aromatic heterocycles. The summed E-state index contributed by atoms with van der Waals surface area (Å²) >= 11 is 0. The van der Waals surface area contributed by atoms with Crippen LogP contribution in [0.25, 0.3) is 11.6 Å². The molecule has 0 saturated heterocycles. The van der Waals surface area contributed by atoms with Gasteiger partial charge in [-0.1, -0.05) is 30.3 Å². The van der Waals surface area contributed by atoms with Crippen LogP contribution in [-0.2, 0) is 0 Å². The Morgan fingerprint density at radius 2 is 1.77 bits per heavy atom. The molecule has 0 fully saturated rings. The molecule has 0 amide bonds. The Balaban J connectivity index is 2.15. The average molecular weight is 292 g/mol. The maximum absolute atomic E-state index is 2.36. The van der Waals surface area contributed by atoms with Gasteiger partial charge in [0.15, 0.2) is 0 Å². The second-order valence-corrected chi connectivity index (χ2v) is 6.36. The molecule has 0 unspecified atom stereocenters. The fraction of sp³-hybridized carbons (Fsp3) is 0.300. The van der Waals surface area contributed by atoms with Crippen molar-refractivity contribution in [2.45, 2.75) is 13.3 Å². The summed E-state index contributed by atoms with van der Waals surface area (Å²) in [5, 5.41) is 0. The van der Waals surface area contributed by atoms with E-state index in [-0.39, 0.29) is 0 Å². The zero-order valence-corrected chi connectivity index (χ0v) is 13.9. The number of benzene rings is 2. The standard InChI is InChI=1S/C20H24N2/c1-15-9-10-18-16(11-12-21(2)3)14-17-7-5-6-8-19(17)22(4)20(18)13-15/h5-10,13-14H,11-12H2,1-4H3. The number of para-hydroxylation sites is 1. The van der Waals surface area contributed by atoms with Crippen LogP contribution in [0.15, 0.2) is 42.5 Å². The van der Waals surface area contributed by atoms with E-state index >= 15 is 0 Å². The van der Waals surface area contributed by atoms with Gasteiger partial charge in [0.2, 0.25) is 0 Å². The molecule has 0 spiro atoms. The molecule has 2 heteroatoms. The molecule has 22 heavy (non-hydrogen) atoms. The Kier molecular flexibility index (Phi) is 4.04. The van der Waals surface area contributed by atoms with Crippen LogP contribution in [0.3, 0.4) is 0 Å². The van der Waals surface area contributed by atoms with Gasteiger partial charge in [-0.15, -0.1) is 0 Å². The Hall–Kier alpha value is -2.06. The highest BCUT2D eigenvalue weighted by molar-refractivity contribution is 5.95. The summed E-state index contributed by atoms with van der Waals surface area (Å²) in [6.45, 7) is 3.22. The highest BCUT2D eigenvalue weighted by atomic mass is 15.1. The van der Waals surface area contributed by atoms with Gasteiger partial charge in [0.05, 0.1) is 0 Å². The van der Waals surface area contributed by atoms with Crippen LogP contribution in [-0.4, -0.2) is 32.6 Å². The van der Waals surface area contributed by atoms with E-state index in [0.29, 0.717) is 0 Å². The van der Waals surface area contributed by atoms with Crippen molar-refractivity contribution in [2.24, 2.45) is 0 Å². The third-order valence-corrected chi connectivity index (χ3v) is 4.32. The second kappa shape index (κ2) is 5.98. The van der Waals surface area contributed by atoms with Crippen molar-refractivity contribution in [2.75, 3.05) is 32.6 Å². The zero-order chi connectivity index (χ0) is 15.7. The van der Waals surface area contributed by atoms with Gasteiger partial charge in [-0.05, 0) is 62.3 Å². The van der Waals surface area contributed by atoms with Gasteiger partial charge >= 0.3 is 0 Å². The lowest BCUT2D eigenvalue weighted by atomic mass is 9.98. The summed E-state index contributed by atoms with van der Waals surface area (Å²) in [5.41, 5.74) is 7.94. The number of hydrogen-bond donors (Lipinski definition) is 0. The van der Waals surface area contributed by atoms with Crippen molar-refractivity contribution in [1.82, 2.24) is 4.90 Å². The van der Waals surface area contributed by atoms with E-state index in [0.717, 1.165) is 13.0 Å². The maximum atomic E-state index is 2.36. The van der Waals surface area contributed by atoms with Gasteiger partial charge in [-0.2, -0.15) is 0 Å². The SMILES string of the molecule is Cc1ccc2c(c1)N(C)c1ccccc1C=C2CCN(C)C. The lowest BCUT2D eigenvalue weighted by Gasteiger charge is -2.23. The highest BCUT2D eigenvalue weighted by Gasteiger charge is 2.19. The van der Waals surface area contributed by atoms with Crippen LogP contribution in [0.5, 0.6) is 0 Å². The number of hydrogen-bond acceptors (Lipinski definition) is 2. The van der Waals surface area contributed by atoms with Crippen molar-refractivity contribution < 1.29 is 0 Å². The van der Waals surface area contributed by atoms with Crippen molar-refractivity contribution in [3.8, 4) is 0 Å². The largest absolute Gasteiger partial charge is 0.344 e. The van der Waals surface area contributed by atoms with Crippen LogP contribution in [0, 0.1) is 6.92 Å². The minimum absolute atomic E-state index is 1.06. The molecular formula is C20H24N2. The van der Waals surface area contributed by atoms with Crippen LogP contribution >= 0.6 is 0 Å². The number of rotatable bonds is 3. The van der Waals surface area contributed by atoms with Crippen molar-refractivity contribution >= 4 is 23.0 Å². The first-order chi connectivity index (χ1) is 10.6. The monoisotopic (exact) mass is 292 g/mol. The molecule has 1 aliphatic rings. The third kappa shape index (κ3) is 2.79. The maximum Gasteiger partial charge on any atom is 0.0487 e. The highest BCUT2D eigenvalue weighted by Crippen LogP contribution is 2.40. The van der Waals surface area contributed by atoms with Gasteiger partial charge in [0, 0.05) is 30.5 Å². The summed E-state index contributed by atoms with van der Waals surface area (Å²) < 4.78 is 0. The molecule has 0 bridgehead atoms. The lowest BCUT2D eigenvalue weighted by molar-refractivity contribution is 0.420. The molecule has 0 atom stereocenters. The van der Waals surface area contributed by atoms with Gasteiger partial charge in [-0.3, -0.25) is 0 Å². The first-order valence-corrected chi connectivity index (χ1v) is 7.85. The Labute approximate surface area is 133 Å². The Morgan fingerprint density at radius 3 is 2.55 bits per heavy atom. The minimum Gasteiger partial charge on any atom is -0.344 e. The predicted octanol–water partition coefficient (Wildman–Crippen LogP) is 4.57. The summed E-state index contributed by atoms with van der Waals surface area (Å²) in [4.78, 5) is 4.56. The Morgan fingerprint density at radius 1 is 1.00 bits per heavy atom. The third-order valence-electron chi connectivity index (χ3n) is 4.32.